The molecule has 0 bridgehead atoms. The van der Waals surface area contributed by atoms with Crippen molar-refractivity contribution in [3.05, 3.63) is 71.3 Å². The third kappa shape index (κ3) is 2.34. The van der Waals surface area contributed by atoms with Gasteiger partial charge in [-0.25, -0.2) is 0 Å². The van der Waals surface area contributed by atoms with Gasteiger partial charge in [0.1, 0.15) is 12.0 Å². The maximum absolute atomic E-state index is 11.0. The van der Waals surface area contributed by atoms with Crippen LogP contribution in [0.3, 0.4) is 0 Å². The number of carbonyl (C=O) groups excluding carboxylic acids is 1. The van der Waals surface area contributed by atoms with Crippen LogP contribution in [0.25, 0.3) is 16.8 Å². The lowest BCUT2D eigenvalue weighted by Crippen LogP contribution is -2.61. The molecule has 3 aromatic rings. The summed E-state index contributed by atoms with van der Waals surface area (Å²) in [5.41, 5.74) is 4.17. The quantitative estimate of drug-likeness (QED) is 0.419. The van der Waals surface area contributed by atoms with E-state index in [0.29, 0.717) is 5.75 Å². The van der Waals surface area contributed by atoms with Crippen LogP contribution in [0.2, 0.25) is 0 Å². The van der Waals surface area contributed by atoms with Gasteiger partial charge in [0.25, 0.3) is 0 Å². The lowest BCUT2D eigenvalue weighted by atomic mass is 9.77. The Morgan fingerprint density at radius 2 is 1.90 bits per heavy atom. The third-order valence-electron chi connectivity index (χ3n) is 6.57. The zero-order valence-corrected chi connectivity index (χ0v) is 17.6. The molecule has 3 aromatic carbocycles. The Morgan fingerprint density at radius 3 is 2.70 bits per heavy atom. The highest BCUT2D eigenvalue weighted by Gasteiger charge is 2.58. The Labute approximate surface area is 176 Å². The van der Waals surface area contributed by atoms with Crippen LogP contribution in [-0.2, 0) is 10.2 Å². The summed E-state index contributed by atoms with van der Waals surface area (Å²) in [6.07, 6.45) is 6.03. The van der Waals surface area contributed by atoms with Crippen LogP contribution in [0, 0.1) is 6.92 Å². The number of aldehydes is 1. The first-order chi connectivity index (χ1) is 14.4. The van der Waals surface area contributed by atoms with Crippen LogP contribution in [0.1, 0.15) is 30.5 Å². The van der Waals surface area contributed by atoms with Crippen LogP contribution in [-0.4, -0.2) is 25.3 Å². The van der Waals surface area contributed by atoms with Crippen LogP contribution in [0.4, 0.5) is 11.4 Å². The van der Waals surface area contributed by atoms with Crippen molar-refractivity contribution in [2.24, 2.45) is 4.99 Å². The zero-order chi connectivity index (χ0) is 21.1. The van der Waals surface area contributed by atoms with Crippen molar-refractivity contribution in [1.29, 1.82) is 0 Å². The molecule has 0 radical (unpaired) electrons. The van der Waals surface area contributed by atoms with Crippen LogP contribution in [0.5, 0.6) is 5.75 Å². The number of likely N-dealkylation sites (N-methyl/N-ethyl adjacent to an activating group) is 1. The average molecular weight is 396 g/mol. The number of nitrogens with zero attached hydrogens (tertiary/aromatic N) is 2. The second-order valence-electron chi connectivity index (χ2n) is 8.62. The van der Waals surface area contributed by atoms with E-state index in [-0.39, 0.29) is 5.41 Å². The number of aryl methyl sites for hydroxylation is 1. The highest BCUT2D eigenvalue weighted by atomic mass is 16.5. The van der Waals surface area contributed by atoms with E-state index in [4.69, 9.17) is 9.73 Å². The summed E-state index contributed by atoms with van der Waals surface area (Å²) in [6.45, 7) is 6.52. The molecule has 1 unspecified atom stereocenters. The van der Waals surface area contributed by atoms with Crippen molar-refractivity contribution in [2.45, 2.75) is 31.9 Å². The van der Waals surface area contributed by atoms with E-state index in [1.165, 1.54) is 17.2 Å². The Kier molecular flexibility index (Phi) is 3.91. The highest BCUT2D eigenvalue weighted by Crippen LogP contribution is 2.55. The number of carbonyl (C=O) groups is 1. The minimum absolute atomic E-state index is 0.332. The number of benzene rings is 3. The van der Waals surface area contributed by atoms with Crippen LogP contribution < -0.4 is 9.64 Å². The Morgan fingerprint density at radius 1 is 1.10 bits per heavy atom. The maximum Gasteiger partial charge on any atom is 0.228 e. The minimum Gasteiger partial charge on any atom is -0.459 e. The fourth-order valence-electron chi connectivity index (χ4n) is 4.84. The molecule has 4 nitrogen and oxygen atoms in total. The molecule has 150 valence electrons. The van der Waals surface area contributed by atoms with Gasteiger partial charge in [0, 0.05) is 23.7 Å². The second-order valence-corrected chi connectivity index (χ2v) is 8.62. The molecule has 5 rings (SSSR count). The number of hydrogen-bond acceptors (Lipinski definition) is 4. The van der Waals surface area contributed by atoms with Gasteiger partial charge < -0.3 is 9.64 Å². The van der Waals surface area contributed by atoms with Gasteiger partial charge >= 0.3 is 0 Å². The molecule has 0 N–H and O–H groups in total. The first-order valence-corrected chi connectivity index (χ1v) is 10.2. The monoisotopic (exact) mass is 396 g/mol. The standard InChI is InChI=1S/C26H24N2O2/c1-17-11-12-22-21(14-17)25(2,3)26(28(22)4)16-27-23-20-10-6-5-8-18(20)15-19(9-7-13-29)24(23)30-26/h5-16H,1-4H3/b9-7+. The molecule has 2 heterocycles. The van der Waals surface area contributed by atoms with Crippen molar-refractivity contribution in [3.63, 3.8) is 0 Å². The average Bonchev–Trinajstić information content (AvgIpc) is 2.90. The van der Waals surface area contributed by atoms with Crippen molar-refractivity contribution in [1.82, 2.24) is 0 Å². The van der Waals surface area contributed by atoms with Crippen LogP contribution in [0.15, 0.2) is 59.6 Å². The molecule has 1 atom stereocenters. The minimum atomic E-state index is -0.762. The van der Waals surface area contributed by atoms with Gasteiger partial charge in [0.15, 0.2) is 5.75 Å². The van der Waals surface area contributed by atoms with E-state index in [0.717, 1.165) is 34.0 Å². The fourth-order valence-corrected chi connectivity index (χ4v) is 4.84. The molecule has 2 aliphatic rings. The fraction of sp³-hybridized carbons (Fsp3) is 0.231. The Balaban J connectivity index is 1.76. The summed E-state index contributed by atoms with van der Waals surface area (Å²) < 4.78 is 6.88. The number of rotatable bonds is 2. The predicted molar refractivity (Wildman–Crippen MR) is 123 cm³/mol. The number of fused-ring (bicyclic) bond motifs is 4. The van der Waals surface area contributed by atoms with Crippen molar-refractivity contribution >= 4 is 40.7 Å². The topological polar surface area (TPSA) is 41.9 Å². The van der Waals surface area contributed by atoms with Crippen molar-refractivity contribution in [3.8, 4) is 5.75 Å². The normalized spacial score (nSPS) is 21.1. The van der Waals surface area contributed by atoms with Gasteiger partial charge in [-0.15, -0.1) is 0 Å². The van der Waals surface area contributed by atoms with Crippen LogP contribution >= 0.6 is 0 Å². The molecule has 0 saturated heterocycles. The number of allylic oxidation sites excluding steroid dienone is 1. The molecule has 1 spiro atoms. The summed E-state index contributed by atoms with van der Waals surface area (Å²) in [7, 11) is 2.06. The summed E-state index contributed by atoms with van der Waals surface area (Å²) in [5.74, 6) is 0.707. The van der Waals surface area contributed by atoms with Gasteiger partial charge in [-0.3, -0.25) is 9.79 Å². The van der Waals surface area contributed by atoms with E-state index in [9.17, 15) is 4.79 Å². The lowest BCUT2D eigenvalue weighted by Gasteiger charge is -2.45. The Hall–Kier alpha value is -3.40. The smallest absolute Gasteiger partial charge is 0.228 e. The van der Waals surface area contributed by atoms with E-state index in [2.05, 4.69) is 69.1 Å². The molecule has 0 amide bonds. The van der Waals surface area contributed by atoms with Gasteiger partial charge in [0.2, 0.25) is 5.72 Å². The SMILES string of the molecule is Cc1ccc2c(c1)C(C)(C)C1(C=Nc3c(c(/C=C/C=O)cc4ccccc34)O1)N2C. The molecule has 0 fully saturated rings. The first kappa shape index (κ1) is 18.6. The summed E-state index contributed by atoms with van der Waals surface area (Å²) in [6, 6.07) is 16.7. The molecule has 0 aliphatic carbocycles. The zero-order valence-electron chi connectivity index (χ0n) is 17.6. The summed E-state index contributed by atoms with van der Waals surface area (Å²) in [5, 5.41) is 2.10. The molecule has 2 aliphatic heterocycles. The number of hydrogen-bond donors (Lipinski definition) is 0. The van der Waals surface area contributed by atoms with E-state index < -0.39 is 5.72 Å². The van der Waals surface area contributed by atoms with Crippen molar-refractivity contribution < 1.29 is 9.53 Å². The van der Waals surface area contributed by atoms with E-state index in [1.807, 2.05) is 18.3 Å². The van der Waals surface area contributed by atoms with Crippen molar-refractivity contribution in [2.75, 3.05) is 11.9 Å². The van der Waals surface area contributed by atoms with Gasteiger partial charge in [-0.1, -0.05) is 42.0 Å². The lowest BCUT2D eigenvalue weighted by molar-refractivity contribution is -0.104. The molecule has 4 heteroatoms. The largest absolute Gasteiger partial charge is 0.459 e. The molecule has 0 aromatic heterocycles. The van der Waals surface area contributed by atoms with Gasteiger partial charge in [-0.05, 0) is 56.0 Å². The maximum atomic E-state index is 11.0. The Bertz CT molecular complexity index is 1260. The number of aliphatic imine (C=N–C) groups is 1. The number of ether oxygens (including phenoxy) is 1. The second kappa shape index (κ2) is 6.30. The predicted octanol–water partition coefficient (Wildman–Crippen LogP) is 5.58. The molecule has 30 heavy (non-hydrogen) atoms. The van der Waals surface area contributed by atoms with Gasteiger partial charge in [0.05, 0.1) is 11.6 Å². The summed E-state index contributed by atoms with van der Waals surface area (Å²) in [4.78, 5) is 18.2. The summed E-state index contributed by atoms with van der Waals surface area (Å²) >= 11 is 0. The first-order valence-electron chi connectivity index (χ1n) is 10.2. The molecule has 0 saturated carbocycles. The highest BCUT2D eigenvalue weighted by molar-refractivity contribution is 6.02. The van der Waals surface area contributed by atoms with E-state index in [1.54, 1.807) is 6.08 Å². The molecular formula is C26H24N2O2. The van der Waals surface area contributed by atoms with E-state index >= 15 is 0 Å². The number of anilines is 1. The molecular weight excluding hydrogens is 372 g/mol. The van der Waals surface area contributed by atoms with Gasteiger partial charge in [-0.2, -0.15) is 0 Å². The third-order valence-corrected chi connectivity index (χ3v) is 6.57.